The molecule has 1 aromatic carbocycles. The molecular weight excluding hydrogens is 658 g/mol. The third kappa shape index (κ3) is 3.68. The first kappa shape index (κ1) is 30.3. The van der Waals surface area contributed by atoms with E-state index >= 15 is 0 Å². The van der Waals surface area contributed by atoms with Crippen LogP contribution in [0.5, 0.6) is 0 Å². The molecule has 19 heteroatoms. The molecule has 1 aromatic heterocycles. The van der Waals surface area contributed by atoms with Crippen LogP contribution in [0.4, 0.5) is 17.2 Å². The minimum Gasteiger partial charge on any atom is -0.456 e. The van der Waals surface area contributed by atoms with Crippen molar-refractivity contribution >= 4 is 50.9 Å². The highest BCUT2D eigenvalue weighted by molar-refractivity contribution is 9.10. The molecule has 18 nitrogen and oxygen atoms in total. The molecule has 1 spiro atoms. The largest absolute Gasteiger partial charge is 0.456 e. The Bertz CT molecular complexity index is 1710. The minimum atomic E-state index is -2.96. The molecule has 8 atom stereocenters. The Kier molecular flexibility index (Phi) is 6.66. The molecule has 236 valence electrons. The van der Waals surface area contributed by atoms with Crippen LogP contribution in [0.3, 0.4) is 0 Å². The number of nitrogens with one attached hydrogen (secondary N) is 4. The molecule has 4 aliphatic rings. The number of hydrogen-bond acceptors (Lipinski definition) is 14. The van der Waals surface area contributed by atoms with E-state index < -0.39 is 101 Å². The average molecular weight is 684 g/mol. The lowest BCUT2D eigenvalue weighted by Crippen LogP contribution is -2.83. The van der Waals surface area contributed by atoms with Crippen molar-refractivity contribution in [3.05, 3.63) is 49.1 Å². The number of anilines is 3. The van der Waals surface area contributed by atoms with Gasteiger partial charge >= 0.3 is 11.7 Å². The first-order valence-electron chi connectivity index (χ1n) is 13.1. The summed E-state index contributed by atoms with van der Waals surface area (Å²) >= 11 is 3.24. The maximum absolute atomic E-state index is 14.3. The van der Waals surface area contributed by atoms with E-state index in [4.69, 9.17) is 4.74 Å². The van der Waals surface area contributed by atoms with E-state index in [9.17, 15) is 59.7 Å². The highest BCUT2D eigenvalue weighted by Crippen LogP contribution is 2.59. The van der Waals surface area contributed by atoms with E-state index in [1.165, 1.54) is 18.2 Å². The summed E-state index contributed by atoms with van der Waals surface area (Å²) in [5.74, 6) is -6.96. The summed E-state index contributed by atoms with van der Waals surface area (Å²) in [5.41, 5.74) is -11.7. The van der Waals surface area contributed by atoms with Gasteiger partial charge in [0.2, 0.25) is 5.91 Å². The number of esters is 1. The average Bonchev–Trinajstić information content (AvgIpc) is 3.23. The number of aromatic amines is 2. The van der Waals surface area contributed by atoms with Crippen LogP contribution in [0.15, 0.2) is 32.3 Å². The van der Waals surface area contributed by atoms with Crippen LogP contribution >= 0.6 is 15.9 Å². The number of β-amino-alcohol motifs (C(OH)–C–C–N with tert-alkyl or cyclic N) is 1. The first-order chi connectivity index (χ1) is 20.5. The van der Waals surface area contributed by atoms with Gasteiger partial charge in [0, 0.05) is 10.2 Å². The molecule has 2 amide bonds. The van der Waals surface area contributed by atoms with Crippen LogP contribution in [0.2, 0.25) is 0 Å². The number of carbonyl (C=O) groups excluding carboxylic acids is 3. The van der Waals surface area contributed by atoms with Crippen molar-refractivity contribution in [1.29, 1.82) is 0 Å². The minimum absolute atomic E-state index is 0.0188. The van der Waals surface area contributed by atoms with Crippen LogP contribution in [0, 0.1) is 5.92 Å². The number of rotatable bonds is 2. The fourth-order valence-corrected chi connectivity index (χ4v) is 7.18. The Morgan fingerprint density at radius 1 is 0.977 bits per heavy atom. The number of H-pyrrole nitrogens is 2. The van der Waals surface area contributed by atoms with Gasteiger partial charge in [-0.3, -0.25) is 34.0 Å². The summed E-state index contributed by atoms with van der Waals surface area (Å²) < 4.78 is 5.80. The zero-order valence-electron chi connectivity index (χ0n) is 22.4. The van der Waals surface area contributed by atoms with Crippen molar-refractivity contribution < 1.29 is 54.9 Å². The number of ether oxygens (including phenoxy) is 1. The molecule has 1 saturated carbocycles. The number of carbonyl (C=O) groups is 3. The van der Waals surface area contributed by atoms with Crippen LogP contribution < -0.4 is 26.8 Å². The van der Waals surface area contributed by atoms with Gasteiger partial charge in [-0.15, -0.1) is 0 Å². The van der Waals surface area contributed by atoms with Gasteiger partial charge in [-0.25, -0.2) is 4.79 Å². The van der Waals surface area contributed by atoms with E-state index in [1.807, 2.05) is 4.98 Å². The second-order valence-electron chi connectivity index (χ2n) is 11.3. The number of piperidine rings is 1. The zero-order chi connectivity index (χ0) is 32.3. The number of amides is 2. The van der Waals surface area contributed by atoms with Gasteiger partial charge in [0.25, 0.3) is 11.5 Å². The van der Waals surface area contributed by atoms with Crippen molar-refractivity contribution in [2.24, 2.45) is 5.92 Å². The predicted molar refractivity (Wildman–Crippen MR) is 147 cm³/mol. The maximum atomic E-state index is 14.3. The van der Waals surface area contributed by atoms with E-state index in [-0.39, 0.29) is 17.1 Å². The summed E-state index contributed by atoms with van der Waals surface area (Å²) in [6.45, 7) is 0.0310. The molecule has 2 aromatic rings. The lowest BCUT2D eigenvalue weighted by atomic mass is 9.54. The highest BCUT2D eigenvalue weighted by Gasteiger charge is 2.79. The quantitative estimate of drug-likeness (QED) is 0.133. The van der Waals surface area contributed by atoms with E-state index in [2.05, 4.69) is 31.5 Å². The summed E-state index contributed by atoms with van der Waals surface area (Å²) in [7, 11) is 0. The summed E-state index contributed by atoms with van der Waals surface area (Å²) in [6.07, 6.45) is -12.8. The van der Waals surface area contributed by atoms with Crippen LogP contribution in [-0.2, 0) is 24.5 Å². The SMILES string of the molecule is CC1(O)C(=O)N2c3c([nH]c(=O)[nH]c3=O)NC[C@@]2(O)[C@H](C(=O)OC2C(O)C(O)C(O)C(O)C2O)C12C(=O)Nc1cc(Br)ccc12. The van der Waals surface area contributed by atoms with Crippen molar-refractivity contribution in [2.45, 2.75) is 60.3 Å². The molecule has 3 aliphatic heterocycles. The topological polar surface area (TPSA) is 295 Å². The number of fused-ring (bicyclic) bond motifs is 5. The maximum Gasteiger partial charge on any atom is 0.327 e. The lowest BCUT2D eigenvalue weighted by molar-refractivity contribution is -0.242. The third-order valence-electron chi connectivity index (χ3n) is 8.91. The van der Waals surface area contributed by atoms with Crippen LogP contribution in [-0.4, -0.2) is 118 Å². The Labute approximate surface area is 253 Å². The normalized spacial score (nSPS) is 39.2. The molecule has 0 bridgehead atoms. The molecule has 11 N–H and O–H groups in total. The van der Waals surface area contributed by atoms with Gasteiger partial charge in [-0.2, -0.15) is 0 Å². The molecule has 1 aliphatic carbocycles. The number of hydrogen-bond donors (Lipinski definition) is 11. The van der Waals surface area contributed by atoms with Crippen LogP contribution in [0.25, 0.3) is 0 Å². The third-order valence-corrected chi connectivity index (χ3v) is 9.40. The molecule has 6 unspecified atom stereocenters. The molecule has 2 fully saturated rings. The number of halogens is 1. The molecule has 4 heterocycles. The highest BCUT2D eigenvalue weighted by atomic mass is 79.9. The predicted octanol–water partition coefficient (Wildman–Crippen LogP) is -4.73. The number of aliphatic hydroxyl groups is 7. The van der Waals surface area contributed by atoms with Crippen molar-refractivity contribution in [1.82, 2.24) is 9.97 Å². The van der Waals surface area contributed by atoms with E-state index in [0.717, 1.165) is 6.92 Å². The number of aliphatic hydroxyl groups excluding tert-OH is 5. The van der Waals surface area contributed by atoms with Crippen molar-refractivity contribution in [2.75, 3.05) is 22.1 Å². The first-order valence-corrected chi connectivity index (χ1v) is 13.9. The molecular formula is C25H26BrN5O13. The fourth-order valence-electron chi connectivity index (χ4n) is 6.82. The van der Waals surface area contributed by atoms with Gasteiger partial charge in [0.1, 0.15) is 47.7 Å². The molecule has 44 heavy (non-hydrogen) atoms. The summed E-state index contributed by atoms with van der Waals surface area (Å²) in [4.78, 5) is 71.9. The second kappa shape index (κ2) is 9.65. The van der Waals surface area contributed by atoms with Gasteiger partial charge in [0.05, 0.1) is 6.54 Å². The van der Waals surface area contributed by atoms with E-state index in [1.54, 1.807) is 0 Å². The number of benzene rings is 1. The van der Waals surface area contributed by atoms with Gasteiger partial charge in [-0.1, -0.05) is 22.0 Å². The van der Waals surface area contributed by atoms with Crippen molar-refractivity contribution in [3.8, 4) is 0 Å². The van der Waals surface area contributed by atoms with Gasteiger partial charge in [-0.05, 0) is 24.6 Å². The second-order valence-corrected chi connectivity index (χ2v) is 12.2. The van der Waals surface area contributed by atoms with Crippen LogP contribution in [0.1, 0.15) is 12.5 Å². The Morgan fingerprint density at radius 2 is 1.59 bits per heavy atom. The molecule has 1 saturated heterocycles. The molecule has 6 rings (SSSR count). The Morgan fingerprint density at radius 3 is 2.23 bits per heavy atom. The van der Waals surface area contributed by atoms with E-state index in [0.29, 0.717) is 9.37 Å². The standard InChI is InChI=1S/C25H26BrN5O13/c1-23(42)21(40)31-9-17(29-22(41)30-18(9)37)27-5-24(31,43)16(25(23)7-3-2-6(26)4-8(7)28-20(25)39)19(38)44-15-13(35)11(33)10(32)12(34)14(15)36/h2-4,10-16,32-36,42-43H,5H2,1H3,(H,28,39)(H3,27,29,30,37,41)/t10?,11?,12?,13?,14?,15?,16-,23?,24+,25?/m0/s1. The number of aromatic nitrogens is 2. The Hall–Kier alpha value is -3.69. The van der Waals surface area contributed by atoms with Gasteiger partial charge < -0.3 is 51.1 Å². The fraction of sp³-hybridized carbons (Fsp3) is 0.480. The summed E-state index contributed by atoms with van der Waals surface area (Å²) in [5, 5.41) is 80.9. The summed E-state index contributed by atoms with van der Waals surface area (Å²) in [6, 6.07) is 4.11. The van der Waals surface area contributed by atoms with Gasteiger partial charge in [0.15, 0.2) is 23.1 Å². The zero-order valence-corrected chi connectivity index (χ0v) is 24.0. The Balaban J connectivity index is 1.60. The molecule has 0 radical (unpaired) electrons. The van der Waals surface area contributed by atoms with Crippen molar-refractivity contribution in [3.63, 3.8) is 0 Å². The lowest BCUT2D eigenvalue weighted by Gasteiger charge is -2.59. The monoisotopic (exact) mass is 683 g/mol. The number of nitrogens with zero attached hydrogens (tertiary/aromatic N) is 1. The smallest absolute Gasteiger partial charge is 0.327 e.